The van der Waals surface area contributed by atoms with E-state index in [1.54, 1.807) is 6.07 Å². The molecule has 16 heavy (non-hydrogen) atoms. The Morgan fingerprint density at radius 1 is 1.06 bits per heavy atom. The first-order chi connectivity index (χ1) is 7.83. The normalized spacial score (nSPS) is 11.3. The molecule has 2 rings (SSSR count). The van der Waals surface area contributed by atoms with Crippen molar-refractivity contribution >= 4 is 32.8 Å². The molecule has 0 aliphatic rings. The minimum atomic E-state index is 0.341. The predicted octanol–water partition coefficient (Wildman–Crippen LogP) is 4.34. The summed E-state index contributed by atoms with van der Waals surface area (Å²) in [4.78, 5) is 0. The highest BCUT2D eigenvalue weighted by atomic mass is 79.9. The van der Waals surface area contributed by atoms with E-state index in [4.69, 9.17) is 0 Å². The lowest BCUT2D eigenvalue weighted by Crippen LogP contribution is -1.79. The van der Waals surface area contributed by atoms with Crippen molar-refractivity contribution in [3.63, 3.8) is 0 Å². The molecule has 0 amide bonds. The Labute approximate surface area is 104 Å². The highest BCUT2D eigenvalue weighted by molar-refractivity contribution is 9.09. The molecule has 0 radical (unpaired) electrons. The van der Waals surface area contributed by atoms with Crippen LogP contribution >= 0.6 is 15.9 Å². The highest BCUT2D eigenvalue weighted by Gasteiger charge is 2.01. The van der Waals surface area contributed by atoms with Crippen molar-refractivity contribution < 1.29 is 5.11 Å². The van der Waals surface area contributed by atoms with Crippen LogP contribution in [0, 0.1) is 0 Å². The van der Waals surface area contributed by atoms with Crippen LogP contribution in [0.5, 0.6) is 5.75 Å². The summed E-state index contributed by atoms with van der Waals surface area (Å²) < 4.78 is 0. The maximum Gasteiger partial charge on any atom is 0.123 e. The van der Waals surface area contributed by atoms with Crippen LogP contribution in [0.4, 0.5) is 0 Å². The fourth-order valence-corrected chi connectivity index (χ4v) is 1.99. The minimum absolute atomic E-state index is 0.341. The SMILES string of the molecule is Oc1ccc(C=CCCBr)c2ccccc12. The molecule has 0 bridgehead atoms. The maximum atomic E-state index is 9.74. The molecule has 0 atom stereocenters. The summed E-state index contributed by atoms with van der Waals surface area (Å²) in [6.07, 6.45) is 5.24. The number of rotatable bonds is 3. The van der Waals surface area contributed by atoms with Crippen molar-refractivity contribution in [2.24, 2.45) is 0 Å². The van der Waals surface area contributed by atoms with Gasteiger partial charge < -0.3 is 5.11 Å². The molecular formula is C14H13BrO. The largest absolute Gasteiger partial charge is 0.507 e. The molecule has 0 aliphatic carbocycles. The van der Waals surface area contributed by atoms with Crippen LogP contribution in [0.1, 0.15) is 12.0 Å². The van der Waals surface area contributed by atoms with Gasteiger partial charge in [0.15, 0.2) is 0 Å². The molecule has 1 nitrogen and oxygen atoms in total. The zero-order valence-electron chi connectivity index (χ0n) is 8.86. The zero-order valence-corrected chi connectivity index (χ0v) is 10.4. The molecule has 82 valence electrons. The Morgan fingerprint density at radius 3 is 2.56 bits per heavy atom. The van der Waals surface area contributed by atoms with E-state index in [1.165, 1.54) is 0 Å². The molecule has 0 heterocycles. The predicted molar refractivity (Wildman–Crippen MR) is 73.1 cm³/mol. The van der Waals surface area contributed by atoms with E-state index >= 15 is 0 Å². The summed E-state index contributed by atoms with van der Waals surface area (Å²) in [6, 6.07) is 11.6. The highest BCUT2D eigenvalue weighted by Crippen LogP contribution is 2.28. The van der Waals surface area contributed by atoms with Gasteiger partial charge in [-0.05, 0) is 23.4 Å². The van der Waals surface area contributed by atoms with Gasteiger partial charge in [0.2, 0.25) is 0 Å². The third-order valence-corrected chi connectivity index (χ3v) is 2.97. The second-order valence-corrected chi connectivity index (χ2v) is 4.39. The van der Waals surface area contributed by atoms with Crippen molar-refractivity contribution in [2.45, 2.75) is 6.42 Å². The number of halogens is 1. The van der Waals surface area contributed by atoms with Gasteiger partial charge in [-0.15, -0.1) is 0 Å². The first-order valence-corrected chi connectivity index (χ1v) is 6.38. The van der Waals surface area contributed by atoms with Crippen LogP contribution in [0.15, 0.2) is 42.5 Å². The minimum Gasteiger partial charge on any atom is -0.507 e. The van der Waals surface area contributed by atoms with Crippen LogP contribution in [-0.2, 0) is 0 Å². The van der Waals surface area contributed by atoms with Crippen LogP contribution in [0.2, 0.25) is 0 Å². The maximum absolute atomic E-state index is 9.74. The number of allylic oxidation sites excluding steroid dienone is 1. The molecule has 2 aromatic carbocycles. The van der Waals surface area contributed by atoms with E-state index in [-0.39, 0.29) is 0 Å². The van der Waals surface area contributed by atoms with E-state index in [2.05, 4.69) is 28.1 Å². The van der Waals surface area contributed by atoms with Gasteiger partial charge in [0.25, 0.3) is 0 Å². The fraction of sp³-hybridized carbons (Fsp3) is 0.143. The van der Waals surface area contributed by atoms with Gasteiger partial charge in [-0.3, -0.25) is 0 Å². The van der Waals surface area contributed by atoms with Gasteiger partial charge in [-0.1, -0.05) is 58.4 Å². The molecule has 2 heteroatoms. The topological polar surface area (TPSA) is 20.2 Å². The average Bonchev–Trinajstić information content (AvgIpc) is 2.33. The zero-order chi connectivity index (χ0) is 11.4. The van der Waals surface area contributed by atoms with Gasteiger partial charge in [0.1, 0.15) is 5.75 Å². The molecule has 0 saturated heterocycles. The summed E-state index contributed by atoms with van der Waals surface area (Å²) in [5.41, 5.74) is 1.15. The lowest BCUT2D eigenvalue weighted by molar-refractivity contribution is 0.481. The number of benzene rings is 2. The summed E-state index contributed by atoms with van der Waals surface area (Å²) in [7, 11) is 0. The lowest BCUT2D eigenvalue weighted by atomic mass is 10.0. The van der Waals surface area contributed by atoms with Crippen LogP contribution < -0.4 is 0 Å². The number of phenolic OH excluding ortho intramolecular Hbond substituents is 1. The summed E-state index contributed by atoms with van der Waals surface area (Å²) in [5.74, 6) is 0.341. The Kier molecular flexibility index (Phi) is 3.62. The van der Waals surface area contributed by atoms with E-state index < -0.39 is 0 Å². The second kappa shape index (κ2) is 5.17. The smallest absolute Gasteiger partial charge is 0.123 e. The second-order valence-electron chi connectivity index (χ2n) is 3.60. The van der Waals surface area contributed by atoms with Crippen molar-refractivity contribution in [2.75, 3.05) is 5.33 Å². The van der Waals surface area contributed by atoms with Gasteiger partial charge in [-0.2, -0.15) is 0 Å². The van der Waals surface area contributed by atoms with Crippen molar-refractivity contribution in [3.8, 4) is 5.75 Å². The van der Waals surface area contributed by atoms with Crippen LogP contribution in [0.25, 0.3) is 16.8 Å². The quantitative estimate of drug-likeness (QED) is 0.827. The van der Waals surface area contributed by atoms with E-state index in [0.717, 1.165) is 28.1 Å². The number of hydrogen-bond donors (Lipinski definition) is 1. The average molecular weight is 277 g/mol. The summed E-state index contributed by atoms with van der Waals surface area (Å²) in [5, 5.41) is 12.7. The number of phenols is 1. The first-order valence-electron chi connectivity index (χ1n) is 5.26. The van der Waals surface area contributed by atoms with Crippen molar-refractivity contribution in [1.29, 1.82) is 0 Å². The molecule has 0 spiro atoms. The third-order valence-electron chi connectivity index (χ3n) is 2.51. The number of aromatic hydroxyl groups is 1. The molecule has 0 unspecified atom stereocenters. The molecule has 0 saturated carbocycles. The van der Waals surface area contributed by atoms with E-state index in [0.29, 0.717) is 5.75 Å². The monoisotopic (exact) mass is 276 g/mol. The van der Waals surface area contributed by atoms with Gasteiger partial charge in [-0.25, -0.2) is 0 Å². The Hall–Kier alpha value is -1.28. The van der Waals surface area contributed by atoms with E-state index in [1.807, 2.05) is 30.3 Å². The number of hydrogen-bond acceptors (Lipinski definition) is 1. The van der Waals surface area contributed by atoms with Crippen molar-refractivity contribution in [1.82, 2.24) is 0 Å². The molecule has 0 aromatic heterocycles. The number of fused-ring (bicyclic) bond motifs is 1. The van der Waals surface area contributed by atoms with Crippen LogP contribution in [-0.4, -0.2) is 10.4 Å². The number of alkyl halides is 1. The van der Waals surface area contributed by atoms with Gasteiger partial charge in [0, 0.05) is 10.7 Å². The van der Waals surface area contributed by atoms with E-state index in [9.17, 15) is 5.11 Å². The molecule has 0 fully saturated rings. The standard InChI is InChI=1S/C14H13BrO/c15-10-4-3-5-11-8-9-14(16)13-7-2-1-6-12(11)13/h1-3,5-9,16H,4,10H2. The first kappa shape index (κ1) is 11.2. The third kappa shape index (κ3) is 2.27. The van der Waals surface area contributed by atoms with Gasteiger partial charge in [0.05, 0.1) is 0 Å². The molecule has 2 aromatic rings. The molecular weight excluding hydrogens is 264 g/mol. The summed E-state index contributed by atoms with van der Waals surface area (Å²) >= 11 is 3.39. The molecule has 0 aliphatic heterocycles. The Balaban J connectivity index is 2.50. The Morgan fingerprint density at radius 2 is 1.81 bits per heavy atom. The fourth-order valence-electron chi connectivity index (χ4n) is 1.73. The Bertz CT molecular complexity index is 517. The van der Waals surface area contributed by atoms with Gasteiger partial charge >= 0.3 is 0 Å². The lowest BCUT2D eigenvalue weighted by Gasteiger charge is -2.04. The molecule has 1 N–H and O–H groups in total. The van der Waals surface area contributed by atoms with Crippen molar-refractivity contribution in [3.05, 3.63) is 48.0 Å². The van der Waals surface area contributed by atoms with Crippen LogP contribution in [0.3, 0.4) is 0 Å². The summed E-state index contributed by atoms with van der Waals surface area (Å²) in [6.45, 7) is 0.